The number of nitrogens with zero attached hydrogens (tertiary/aromatic N) is 2. The van der Waals surface area contributed by atoms with Crippen molar-refractivity contribution < 1.29 is 13.9 Å². The number of aryl methyl sites for hydroxylation is 1. The molecule has 0 atom stereocenters. The molecule has 3 aromatic rings. The number of ether oxygens (including phenoxy) is 1. The van der Waals surface area contributed by atoms with E-state index in [1.165, 1.54) is 35.3 Å². The van der Waals surface area contributed by atoms with Gasteiger partial charge in [-0.15, -0.1) is 11.3 Å². The second-order valence-corrected chi connectivity index (χ2v) is 5.53. The zero-order valence-electron chi connectivity index (χ0n) is 12.4. The molecule has 0 radical (unpaired) electrons. The summed E-state index contributed by atoms with van der Waals surface area (Å²) in [6.07, 6.45) is 2.99. The molecule has 0 aromatic carbocycles. The van der Waals surface area contributed by atoms with Gasteiger partial charge in [-0.25, -0.2) is 4.98 Å². The Morgan fingerprint density at radius 2 is 2.30 bits per heavy atom. The van der Waals surface area contributed by atoms with E-state index in [4.69, 9.17) is 9.15 Å². The van der Waals surface area contributed by atoms with E-state index in [-0.39, 0.29) is 16.9 Å². The summed E-state index contributed by atoms with van der Waals surface area (Å²) < 4.78 is 11.7. The molecule has 1 N–H and O–H groups in total. The van der Waals surface area contributed by atoms with E-state index in [1.54, 1.807) is 30.8 Å². The van der Waals surface area contributed by atoms with Crippen LogP contribution in [0.15, 0.2) is 45.3 Å². The van der Waals surface area contributed by atoms with Gasteiger partial charge in [0.2, 0.25) is 0 Å². The number of nitrogens with one attached hydrogen (secondary N) is 1. The Morgan fingerprint density at radius 3 is 3.00 bits per heavy atom. The minimum Gasteiger partial charge on any atom is -0.496 e. The first-order valence-corrected chi connectivity index (χ1v) is 7.52. The largest absolute Gasteiger partial charge is 0.496 e. The number of furan rings is 1. The standard InChI is InChI=1S/C15H13N3O4S/c1-18-7-9(12(21-2)6-13(18)19)14(20)17-15-16-10(8-23-15)11-4-3-5-22-11/h3-8H,1-2H3,(H,16,17,20). The molecule has 0 bridgehead atoms. The van der Waals surface area contributed by atoms with Gasteiger partial charge in [0.15, 0.2) is 10.9 Å². The molecule has 3 heterocycles. The summed E-state index contributed by atoms with van der Waals surface area (Å²) in [5, 5.41) is 4.91. The number of carbonyl (C=O) groups excluding carboxylic acids is 1. The van der Waals surface area contributed by atoms with Crippen molar-refractivity contribution in [2.75, 3.05) is 12.4 Å². The van der Waals surface area contributed by atoms with Crippen LogP contribution >= 0.6 is 11.3 Å². The molecule has 0 saturated carbocycles. The Balaban J connectivity index is 1.85. The number of anilines is 1. The predicted molar refractivity (Wildman–Crippen MR) is 86.0 cm³/mol. The van der Waals surface area contributed by atoms with E-state index in [2.05, 4.69) is 10.3 Å². The van der Waals surface area contributed by atoms with Crippen molar-refractivity contribution in [3.8, 4) is 17.2 Å². The van der Waals surface area contributed by atoms with Crippen LogP contribution < -0.4 is 15.6 Å². The third-order valence-electron chi connectivity index (χ3n) is 3.15. The van der Waals surface area contributed by atoms with Crippen molar-refractivity contribution >= 4 is 22.4 Å². The number of thiazole rings is 1. The smallest absolute Gasteiger partial charge is 0.262 e. The Morgan fingerprint density at radius 1 is 1.48 bits per heavy atom. The maximum atomic E-state index is 12.4. The molecule has 8 heteroatoms. The third-order valence-corrected chi connectivity index (χ3v) is 3.91. The summed E-state index contributed by atoms with van der Waals surface area (Å²) in [5.41, 5.74) is 0.639. The van der Waals surface area contributed by atoms with Gasteiger partial charge in [0.25, 0.3) is 11.5 Å². The lowest BCUT2D eigenvalue weighted by Crippen LogP contribution is -2.21. The molecule has 0 spiro atoms. The van der Waals surface area contributed by atoms with Gasteiger partial charge in [0, 0.05) is 24.7 Å². The van der Waals surface area contributed by atoms with Crippen LogP contribution in [0, 0.1) is 0 Å². The number of carbonyl (C=O) groups is 1. The number of amides is 1. The van der Waals surface area contributed by atoms with Gasteiger partial charge in [0.05, 0.1) is 18.9 Å². The van der Waals surface area contributed by atoms with Crippen molar-refractivity contribution in [1.29, 1.82) is 0 Å². The average molecular weight is 331 g/mol. The number of hydrogen-bond donors (Lipinski definition) is 1. The molecule has 1 amide bonds. The Bertz CT molecular complexity index is 896. The predicted octanol–water partition coefficient (Wildman–Crippen LogP) is 2.36. The summed E-state index contributed by atoms with van der Waals surface area (Å²) >= 11 is 1.28. The van der Waals surface area contributed by atoms with Crippen molar-refractivity contribution in [3.05, 3.63) is 52.0 Å². The molecular weight excluding hydrogens is 318 g/mol. The van der Waals surface area contributed by atoms with Crippen LogP contribution in [0.4, 0.5) is 5.13 Å². The van der Waals surface area contributed by atoms with Gasteiger partial charge in [0.1, 0.15) is 11.4 Å². The molecule has 0 aliphatic heterocycles. The van der Waals surface area contributed by atoms with Crippen molar-refractivity contribution in [2.45, 2.75) is 0 Å². The van der Waals surface area contributed by atoms with Gasteiger partial charge in [-0.05, 0) is 12.1 Å². The summed E-state index contributed by atoms with van der Waals surface area (Å²) in [6, 6.07) is 4.82. The van der Waals surface area contributed by atoms with E-state index < -0.39 is 5.91 Å². The fourth-order valence-electron chi connectivity index (χ4n) is 1.99. The van der Waals surface area contributed by atoms with E-state index in [0.717, 1.165) is 0 Å². The number of rotatable bonds is 4. The zero-order valence-corrected chi connectivity index (χ0v) is 13.2. The average Bonchev–Trinajstić information content (AvgIpc) is 3.20. The maximum Gasteiger partial charge on any atom is 0.262 e. The monoisotopic (exact) mass is 331 g/mol. The summed E-state index contributed by atoms with van der Waals surface area (Å²) in [4.78, 5) is 28.3. The van der Waals surface area contributed by atoms with Gasteiger partial charge in [-0.1, -0.05) is 0 Å². The van der Waals surface area contributed by atoms with Crippen molar-refractivity contribution in [1.82, 2.24) is 9.55 Å². The summed E-state index contributed by atoms with van der Waals surface area (Å²) in [6.45, 7) is 0. The second-order valence-electron chi connectivity index (χ2n) is 4.67. The van der Waals surface area contributed by atoms with Gasteiger partial charge < -0.3 is 13.7 Å². The molecule has 0 unspecified atom stereocenters. The number of pyridine rings is 1. The fraction of sp³-hybridized carbons (Fsp3) is 0.133. The molecule has 3 rings (SSSR count). The van der Waals surface area contributed by atoms with E-state index in [9.17, 15) is 9.59 Å². The Labute approximate surface area is 135 Å². The lowest BCUT2D eigenvalue weighted by atomic mass is 10.2. The molecule has 0 aliphatic rings. The molecular formula is C15H13N3O4S. The van der Waals surface area contributed by atoms with E-state index in [0.29, 0.717) is 16.6 Å². The first kappa shape index (κ1) is 15.0. The molecule has 118 valence electrons. The van der Waals surface area contributed by atoms with Crippen LogP contribution in [0.1, 0.15) is 10.4 Å². The minimum absolute atomic E-state index is 0.216. The lowest BCUT2D eigenvalue weighted by molar-refractivity contribution is 0.102. The van der Waals surface area contributed by atoms with E-state index >= 15 is 0 Å². The number of aromatic nitrogens is 2. The summed E-state index contributed by atoms with van der Waals surface area (Å²) in [7, 11) is 2.97. The molecule has 23 heavy (non-hydrogen) atoms. The highest BCUT2D eigenvalue weighted by Gasteiger charge is 2.16. The second kappa shape index (κ2) is 6.09. The number of methoxy groups -OCH3 is 1. The fourth-order valence-corrected chi connectivity index (χ4v) is 2.68. The highest BCUT2D eigenvalue weighted by atomic mass is 32.1. The Kier molecular flexibility index (Phi) is 3.98. The maximum absolute atomic E-state index is 12.4. The first-order valence-electron chi connectivity index (χ1n) is 6.64. The van der Waals surface area contributed by atoms with Crippen LogP contribution in [-0.4, -0.2) is 22.6 Å². The van der Waals surface area contributed by atoms with Crippen LogP contribution in [0.5, 0.6) is 5.75 Å². The first-order chi connectivity index (χ1) is 11.1. The zero-order chi connectivity index (χ0) is 16.4. The highest BCUT2D eigenvalue weighted by molar-refractivity contribution is 7.14. The molecule has 0 saturated heterocycles. The van der Waals surface area contributed by atoms with Crippen LogP contribution in [0.3, 0.4) is 0 Å². The van der Waals surface area contributed by atoms with Crippen molar-refractivity contribution in [3.63, 3.8) is 0 Å². The van der Waals surface area contributed by atoms with Crippen molar-refractivity contribution in [2.24, 2.45) is 7.05 Å². The highest BCUT2D eigenvalue weighted by Crippen LogP contribution is 2.26. The third kappa shape index (κ3) is 3.02. The molecule has 3 aromatic heterocycles. The van der Waals surface area contributed by atoms with Crippen LogP contribution in [0.25, 0.3) is 11.5 Å². The summed E-state index contributed by atoms with van der Waals surface area (Å²) in [5.74, 6) is 0.438. The molecule has 0 aliphatic carbocycles. The topological polar surface area (TPSA) is 86.4 Å². The lowest BCUT2D eigenvalue weighted by Gasteiger charge is -2.09. The van der Waals surface area contributed by atoms with Gasteiger partial charge >= 0.3 is 0 Å². The van der Waals surface area contributed by atoms with Crippen LogP contribution in [-0.2, 0) is 7.05 Å². The van der Waals surface area contributed by atoms with Gasteiger partial charge in [-0.2, -0.15) is 0 Å². The quantitative estimate of drug-likeness (QED) is 0.793. The molecule has 7 nitrogen and oxygen atoms in total. The Hall–Kier alpha value is -2.87. The minimum atomic E-state index is -0.405. The van der Waals surface area contributed by atoms with E-state index in [1.807, 2.05) is 0 Å². The van der Waals surface area contributed by atoms with Gasteiger partial charge in [-0.3, -0.25) is 14.9 Å². The number of hydrogen-bond acceptors (Lipinski definition) is 6. The molecule has 0 fully saturated rings. The SMILES string of the molecule is COc1cc(=O)n(C)cc1C(=O)Nc1nc(-c2ccco2)cs1. The van der Waals surface area contributed by atoms with Crippen LogP contribution in [0.2, 0.25) is 0 Å². The normalized spacial score (nSPS) is 10.5.